The summed E-state index contributed by atoms with van der Waals surface area (Å²) in [6, 6.07) is 2.17. The van der Waals surface area contributed by atoms with Gasteiger partial charge in [0, 0.05) is 17.2 Å². The van der Waals surface area contributed by atoms with Crippen molar-refractivity contribution >= 4 is 37.7 Å². The predicted octanol–water partition coefficient (Wildman–Crippen LogP) is 0.957. The maximum atomic E-state index is 11.9. The van der Waals surface area contributed by atoms with Gasteiger partial charge in [0.2, 0.25) is 0 Å². The van der Waals surface area contributed by atoms with Gasteiger partial charge in [-0.15, -0.1) is 0 Å². The molecule has 0 spiro atoms. The number of carbonyl (C=O) groups excluding carboxylic acids is 1. The van der Waals surface area contributed by atoms with Crippen molar-refractivity contribution in [2.45, 2.75) is 11.8 Å². The Hall–Kier alpha value is -1.28. The highest BCUT2D eigenvalue weighted by Gasteiger charge is 2.20. The van der Waals surface area contributed by atoms with Gasteiger partial charge in [-0.2, -0.15) is 0 Å². The van der Waals surface area contributed by atoms with Gasteiger partial charge >= 0.3 is 6.03 Å². The van der Waals surface area contributed by atoms with Crippen molar-refractivity contribution in [2.24, 2.45) is 0 Å². The first-order valence-electron chi connectivity index (χ1n) is 4.58. The summed E-state index contributed by atoms with van der Waals surface area (Å²) in [5.74, 6) is 0. The highest BCUT2D eigenvalue weighted by molar-refractivity contribution is 9.10. The normalized spacial score (nSPS) is 11.0. The Balaban J connectivity index is 3.29. The van der Waals surface area contributed by atoms with E-state index in [0.29, 0.717) is 15.7 Å². The molecule has 17 heavy (non-hydrogen) atoms. The number of nitrogens with two attached hydrogens (primary N) is 1. The number of hydrogen-bond acceptors (Lipinski definition) is 4. The molecule has 0 aromatic heterocycles. The fraction of sp³-hybridized carbons (Fsp3) is 0.222. The minimum atomic E-state index is -3.92. The van der Waals surface area contributed by atoms with Gasteiger partial charge in [-0.25, -0.2) is 17.9 Å². The average Bonchev–Trinajstić information content (AvgIpc) is 2.22. The Labute approximate surface area is 108 Å². The summed E-state index contributed by atoms with van der Waals surface area (Å²) in [6.07, 6.45) is 0. The van der Waals surface area contributed by atoms with Crippen LogP contribution in [-0.4, -0.2) is 21.5 Å². The lowest BCUT2D eigenvalue weighted by atomic mass is 10.2. The van der Waals surface area contributed by atoms with Crippen molar-refractivity contribution in [3.63, 3.8) is 0 Å². The van der Waals surface area contributed by atoms with E-state index >= 15 is 0 Å². The quantitative estimate of drug-likeness (QED) is 0.706. The maximum Gasteiger partial charge on any atom is 0.328 e. The van der Waals surface area contributed by atoms with Crippen LogP contribution in [0.15, 0.2) is 21.5 Å². The van der Waals surface area contributed by atoms with Crippen LogP contribution < -0.4 is 15.8 Å². The van der Waals surface area contributed by atoms with Crippen LogP contribution in [0.1, 0.15) is 5.56 Å². The highest BCUT2D eigenvalue weighted by atomic mass is 79.9. The van der Waals surface area contributed by atoms with E-state index in [1.54, 1.807) is 13.0 Å². The SMILES string of the molecule is CNC(=O)NS(=O)(=O)c1cc(Br)cc(N)c1C. The number of halogens is 1. The number of anilines is 1. The number of sulfonamides is 1. The van der Waals surface area contributed by atoms with Crippen LogP contribution in [0.5, 0.6) is 0 Å². The molecule has 0 fully saturated rings. The highest BCUT2D eigenvalue weighted by Crippen LogP contribution is 2.26. The van der Waals surface area contributed by atoms with E-state index in [0.717, 1.165) is 0 Å². The lowest BCUT2D eigenvalue weighted by molar-refractivity contribution is 0.248. The first kappa shape index (κ1) is 13.8. The lowest BCUT2D eigenvalue weighted by Crippen LogP contribution is -2.37. The van der Waals surface area contributed by atoms with E-state index in [1.807, 2.05) is 4.72 Å². The molecule has 94 valence electrons. The first-order chi connectivity index (χ1) is 7.77. The average molecular weight is 322 g/mol. The summed E-state index contributed by atoms with van der Waals surface area (Å²) in [4.78, 5) is 11.0. The Morgan fingerprint density at radius 1 is 1.41 bits per heavy atom. The monoisotopic (exact) mass is 321 g/mol. The van der Waals surface area contributed by atoms with Gasteiger partial charge in [-0.3, -0.25) is 0 Å². The first-order valence-corrected chi connectivity index (χ1v) is 6.85. The minimum absolute atomic E-state index is 0.0343. The van der Waals surface area contributed by atoms with E-state index in [1.165, 1.54) is 13.1 Å². The zero-order valence-electron chi connectivity index (χ0n) is 9.24. The van der Waals surface area contributed by atoms with Crippen LogP contribution in [0.2, 0.25) is 0 Å². The van der Waals surface area contributed by atoms with Crippen molar-refractivity contribution in [2.75, 3.05) is 12.8 Å². The second-order valence-corrected chi connectivity index (χ2v) is 5.87. The van der Waals surface area contributed by atoms with E-state index in [2.05, 4.69) is 21.2 Å². The summed E-state index contributed by atoms with van der Waals surface area (Å²) < 4.78 is 26.1. The molecule has 8 heteroatoms. The number of nitrogen functional groups attached to an aromatic ring is 1. The third-order valence-corrected chi connectivity index (χ3v) is 4.02. The molecule has 0 aliphatic rings. The maximum absolute atomic E-state index is 11.9. The van der Waals surface area contributed by atoms with Gasteiger partial charge < -0.3 is 11.1 Å². The zero-order chi connectivity index (χ0) is 13.2. The van der Waals surface area contributed by atoms with Crippen molar-refractivity contribution < 1.29 is 13.2 Å². The summed E-state index contributed by atoms with van der Waals surface area (Å²) in [7, 11) is -2.59. The molecular formula is C9H12BrN3O3S. The molecule has 0 bridgehead atoms. The molecule has 0 aliphatic heterocycles. The van der Waals surface area contributed by atoms with Gasteiger partial charge in [0.05, 0.1) is 4.90 Å². The number of hydrogen-bond donors (Lipinski definition) is 3. The van der Waals surface area contributed by atoms with E-state index in [9.17, 15) is 13.2 Å². The largest absolute Gasteiger partial charge is 0.398 e. The molecular weight excluding hydrogens is 310 g/mol. The summed E-state index contributed by atoms with van der Waals surface area (Å²) >= 11 is 3.15. The molecule has 1 aromatic rings. The summed E-state index contributed by atoms with van der Waals surface area (Å²) in [5.41, 5.74) is 6.38. The number of rotatable bonds is 2. The smallest absolute Gasteiger partial charge is 0.328 e. The van der Waals surface area contributed by atoms with E-state index in [-0.39, 0.29) is 4.90 Å². The minimum Gasteiger partial charge on any atom is -0.398 e. The zero-order valence-corrected chi connectivity index (χ0v) is 11.6. The number of carbonyl (C=O) groups is 1. The fourth-order valence-corrected chi connectivity index (χ4v) is 3.07. The van der Waals surface area contributed by atoms with Crippen LogP contribution in [0.4, 0.5) is 10.5 Å². The molecule has 0 aliphatic carbocycles. The summed E-state index contributed by atoms with van der Waals surface area (Å²) in [6.45, 7) is 1.57. The molecule has 6 nitrogen and oxygen atoms in total. The van der Waals surface area contributed by atoms with Gasteiger partial charge in [0.1, 0.15) is 0 Å². The van der Waals surface area contributed by atoms with E-state index < -0.39 is 16.1 Å². The Morgan fingerprint density at radius 3 is 2.53 bits per heavy atom. The second-order valence-electron chi connectivity index (χ2n) is 3.30. The van der Waals surface area contributed by atoms with Gasteiger partial charge in [-0.1, -0.05) is 15.9 Å². The molecule has 2 amide bonds. The lowest BCUT2D eigenvalue weighted by Gasteiger charge is -2.11. The molecule has 0 heterocycles. The van der Waals surface area contributed by atoms with Gasteiger partial charge in [0.15, 0.2) is 0 Å². The van der Waals surface area contributed by atoms with Crippen molar-refractivity contribution in [1.29, 1.82) is 0 Å². The van der Waals surface area contributed by atoms with Crippen LogP contribution in [0.25, 0.3) is 0 Å². The molecule has 0 saturated carbocycles. The Kier molecular flexibility index (Phi) is 3.99. The van der Waals surface area contributed by atoms with Crippen LogP contribution >= 0.6 is 15.9 Å². The third-order valence-electron chi connectivity index (χ3n) is 2.11. The molecule has 0 atom stereocenters. The molecule has 0 radical (unpaired) electrons. The number of urea groups is 1. The Bertz CT molecular complexity index is 557. The molecule has 0 unspecified atom stereocenters. The Morgan fingerprint density at radius 2 is 2.00 bits per heavy atom. The second kappa shape index (κ2) is 4.92. The van der Waals surface area contributed by atoms with Crippen LogP contribution in [-0.2, 0) is 10.0 Å². The van der Waals surface area contributed by atoms with Crippen LogP contribution in [0, 0.1) is 6.92 Å². The van der Waals surface area contributed by atoms with Gasteiger partial charge in [-0.05, 0) is 24.6 Å². The van der Waals surface area contributed by atoms with Gasteiger partial charge in [0.25, 0.3) is 10.0 Å². The van der Waals surface area contributed by atoms with Crippen LogP contribution in [0.3, 0.4) is 0 Å². The molecule has 1 rings (SSSR count). The van der Waals surface area contributed by atoms with E-state index in [4.69, 9.17) is 5.73 Å². The topological polar surface area (TPSA) is 101 Å². The van der Waals surface area contributed by atoms with Crippen molar-refractivity contribution in [3.05, 3.63) is 22.2 Å². The van der Waals surface area contributed by atoms with Crippen molar-refractivity contribution in [1.82, 2.24) is 10.0 Å². The number of benzene rings is 1. The molecule has 4 N–H and O–H groups in total. The fourth-order valence-electron chi connectivity index (χ4n) is 1.18. The van der Waals surface area contributed by atoms with Crippen molar-refractivity contribution in [3.8, 4) is 0 Å². The number of amides is 2. The molecule has 1 aromatic carbocycles. The third kappa shape index (κ3) is 3.10. The summed E-state index contributed by atoms with van der Waals surface area (Å²) in [5, 5.41) is 2.17. The predicted molar refractivity (Wildman–Crippen MR) is 68.1 cm³/mol. The molecule has 0 saturated heterocycles. The number of nitrogens with one attached hydrogen (secondary N) is 2. The standard InChI is InChI=1S/C9H12BrN3O3S/c1-5-7(11)3-6(10)4-8(5)17(15,16)13-9(14)12-2/h3-4H,11H2,1-2H3,(H2,12,13,14).